The van der Waals surface area contributed by atoms with E-state index in [0.29, 0.717) is 17.4 Å². The summed E-state index contributed by atoms with van der Waals surface area (Å²) >= 11 is 5.74. The van der Waals surface area contributed by atoms with Gasteiger partial charge in [-0.05, 0) is 19.4 Å². The number of unbranched alkanes of at least 4 members (excludes halogenated alkanes) is 3. The number of nitrogens with two attached hydrogens (primary N) is 1. The Balaban J connectivity index is 2.48. The molecule has 0 heterocycles. The molecule has 0 bridgehead atoms. The van der Waals surface area contributed by atoms with Gasteiger partial charge in [0.2, 0.25) is 0 Å². The average molecular weight is 273 g/mol. The number of hydrogen-bond acceptors (Lipinski definition) is 2. The van der Waals surface area contributed by atoms with Crippen LogP contribution in [0.4, 0.5) is 15.8 Å². The third-order valence-electron chi connectivity index (χ3n) is 2.99. The molecule has 18 heavy (non-hydrogen) atoms. The number of nitrogens with one attached hydrogen (secondary N) is 1. The van der Waals surface area contributed by atoms with Crippen molar-refractivity contribution in [3.63, 3.8) is 0 Å². The van der Waals surface area contributed by atoms with E-state index in [1.54, 1.807) is 6.07 Å². The maximum Gasteiger partial charge on any atom is 0.143 e. The fraction of sp³-hybridized carbons (Fsp3) is 0.571. The van der Waals surface area contributed by atoms with E-state index in [-0.39, 0.29) is 5.02 Å². The van der Waals surface area contributed by atoms with Crippen LogP contribution < -0.4 is 11.1 Å². The minimum Gasteiger partial charge on any atom is -0.397 e. The van der Waals surface area contributed by atoms with Gasteiger partial charge in [-0.3, -0.25) is 0 Å². The molecule has 0 fully saturated rings. The lowest BCUT2D eigenvalue weighted by Gasteiger charge is -2.17. The van der Waals surface area contributed by atoms with Crippen molar-refractivity contribution in [3.8, 4) is 0 Å². The molecule has 4 heteroatoms. The molecule has 0 aliphatic rings. The van der Waals surface area contributed by atoms with Gasteiger partial charge in [-0.2, -0.15) is 0 Å². The predicted molar refractivity (Wildman–Crippen MR) is 77.7 cm³/mol. The molecule has 0 saturated heterocycles. The molecule has 2 nitrogen and oxygen atoms in total. The molecule has 0 saturated carbocycles. The van der Waals surface area contributed by atoms with Gasteiger partial charge < -0.3 is 11.1 Å². The lowest BCUT2D eigenvalue weighted by Crippen LogP contribution is -2.16. The predicted octanol–water partition coefficient (Wildman–Crippen LogP) is 4.83. The summed E-state index contributed by atoms with van der Waals surface area (Å²) in [6.07, 6.45) is 6.03. The fourth-order valence-electron chi connectivity index (χ4n) is 1.90. The second-order valence-corrected chi connectivity index (χ2v) is 5.16. The van der Waals surface area contributed by atoms with Crippen molar-refractivity contribution in [2.24, 2.45) is 0 Å². The lowest BCUT2D eigenvalue weighted by atomic mass is 10.1. The van der Waals surface area contributed by atoms with E-state index in [1.165, 1.54) is 31.7 Å². The van der Waals surface area contributed by atoms with Gasteiger partial charge in [0.15, 0.2) is 0 Å². The summed E-state index contributed by atoms with van der Waals surface area (Å²) in [7, 11) is 0. The van der Waals surface area contributed by atoms with Gasteiger partial charge >= 0.3 is 0 Å². The van der Waals surface area contributed by atoms with Crippen LogP contribution in [0.5, 0.6) is 0 Å². The van der Waals surface area contributed by atoms with Gasteiger partial charge in [-0.15, -0.1) is 0 Å². The molecule has 1 aromatic rings. The Hall–Kier alpha value is -0.960. The summed E-state index contributed by atoms with van der Waals surface area (Å²) in [5.74, 6) is -0.477. The molecule has 0 aliphatic heterocycles. The highest BCUT2D eigenvalue weighted by atomic mass is 35.5. The van der Waals surface area contributed by atoms with Crippen LogP contribution >= 0.6 is 11.6 Å². The van der Waals surface area contributed by atoms with Crippen molar-refractivity contribution in [3.05, 3.63) is 23.0 Å². The third-order valence-corrected chi connectivity index (χ3v) is 3.27. The van der Waals surface area contributed by atoms with Gasteiger partial charge in [-0.1, -0.05) is 44.2 Å². The first-order chi connectivity index (χ1) is 8.54. The number of benzene rings is 1. The van der Waals surface area contributed by atoms with Crippen molar-refractivity contribution < 1.29 is 4.39 Å². The molecule has 1 atom stereocenters. The van der Waals surface area contributed by atoms with Gasteiger partial charge in [0.1, 0.15) is 5.82 Å². The van der Waals surface area contributed by atoms with Gasteiger partial charge in [0.05, 0.1) is 16.4 Å². The number of nitrogen functional groups attached to an aromatic ring is 1. The summed E-state index contributed by atoms with van der Waals surface area (Å²) in [6, 6.07) is 3.12. The van der Waals surface area contributed by atoms with Crippen LogP contribution in [0.25, 0.3) is 0 Å². The van der Waals surface area contributed by atoms with E-state index in [9.17, 15) is 4.39 Å². The highest BCUT2D eigenvalue weighted by Crippen LogP contribution is 2.27. The van der Waals surface area contributed by atoms with E-state index in [2.05, 4.69) is 19.2 Å². The zero-order chi connectivity index (χ0) is 13.5. The zero-order valence-corrected chi connectivity index (χ0v) is 11.9. The molecule has 1 unspecified atom stereocenters. The first-order valence-corrected chi connectivity index (χ1v) is 6.93. The first-order valence-electron chi connectivity index (χ1n) is 6.55. The topological polar surface area (TPSA) is 38.0 Å². The fourth-order valence-corrected chi connectivity index (χ4v) is 2.07. The highest BCUT2D eigenvalue weighted by molar-refractivity contribution is 6.31. The van der Waals surface area contributed by atoms with Crippen LogP contribution in [0.1, 0.15) is 46.0 Å². The Morgan fingerprint density at radius 3 is 2.72 bits per heavy atom. The Labute approximate surface area is 114 Å². The molecule has 3 N–H and O–H groups in total. The summed E-state index contributed by atoms with van der Waals surface area (Å²) in [6.45, 7) is 4.30. The van der Waals surface area contributed by atoms with Gasteiger partial charge in [-0.25, -0.2) is 4.39 Å². The minimum atomic E-state index is -0.477. The largest absolute Gasteiger partial charge is 0.397 e. The summed E-state index contributed by atoms with van der Waals surface area (Å²) in [5, 5.41) is 3.38. The molecule has 1 aromatic carbocycles. The van der Waals surface area contributed by atoms with Gasteiger partial charge in [0.25, 0.3) is 0 Å². The van der Waals surface area contributed by atoms with Crippen molar-refractivity contribution in [2.75, 3.05) is 11.1 Å². The number of hydrogen-bond donors (Lipinski definition) is 2. The first kappa shape index (κ1) is 15.1. The molecule has 0 spiro atoms. The van der Waals surface area contributed by atoms with Crippen molar-refractivity contribution in [2.45, 2.75) is 52.0 Å². The lowest BCUT2D eigenvalue weighted by molar-refractivity contribution is 0.593. The maximum atomic E-state index is 13.1. The number of rotatable bonds is 7. The average Bonchev–Trinajstić information content (AvgIpc) is 2.32. The second-order valence-electron chi connectivity index (χ2n) is 4.75. The summed E-state index contributed by atoms with van der Waals surface area (Å²) < 4.78 is 13.1. The van der Waals surface area contributed by atoms with Crippen LogP contribution in [0.3, 0.4) is 0 Å². The van der Waals surface area contributed by atoms with E-state index >= 15 is 0 Å². The van der Waals surface area contributed by atoms with Crippen LogP contribution in [-0.4, -0.2) is 6.04 Å². The standard InChI is InChI=1S/C14H22ClFN2/c1-3-4-5-6-7-10(2)18-14-8-11(15)12(16)9-13(14)17/h8-10,18H,3-7,17H2,1-2H3. The molecule has 1 rings (SSSR count). The summed E-state index contributed by atoms with van der Waals surface area (Å²) in [5.41, 5.74) is 6.87. The van der Waals surface area contributed by atoms with E-state index < -0.39 is 5.82 Å². The van der Waals surface area contributed by atoms with E-state index in [1.807, 2.05) is 0 Å². The minimum absolute atomic E-state index is 0.102. The molecular formula is C14H22ClFN2. The zero-order valence-electron chi connectivity index (χ0n) is 11.1. The normalized spacial score (nSPS) is 12.4. The quantitative estimate of drug-likeness (QED) is 0.551. The Kier molecular flexibility index (Phi) is 6.27. The number of halogens is 2. The van der Waals surface area contributed by atoms with Crippen molar-refractivity contribution in [1.82, 2.24) is 0 Å². The molecule has 102 valence electrons. The molecule has 0 amide bonds. The van der Waals surface area contributed by atoms with Crippen LogP contribution in [0.2, 0.25) is 5.02 Å². The van der Waals surface area contributed by atoms with Crippen LogP contribution in [0.15, 0.2) is 12.1 Å². The Bertz CT molecular complexity index is 382. The van der Waals surface area contributed by atoms with Crippen molar-refractivity contribution in [1.29, 1.82) is 0 Å². The Morgan fingerprint density at radius 1 is 1.33 bits per heavy atom. The highest BCUT2D eigenvalue weighted by Gasteiger charge is 2.08. The van der Waals surface area contributed by atoms with E-state index in [4.69, 9.17) is 17.3 Å². The second kappa shape index (κ2) is 7.47. The molecule has 0 aromatic heterocycles. The summed E-state index contributed by atoms with van der Waals surface area (Å²) in [4.78, 5) is 0. The molecule has 0 radical (unpaired) electrons. The van der Waals surface area contributed by atoms with Crippen molar-refractivity contribution >= 4 is 23.0 Å². The van der Waals surface area contributed by atoms with Crippen LogP contribution in [-0.2, 0) is 0 Å². The SMILES string of the molecule is CCCCCCC(C)Nc1cc(Cl)c(F)cc1N. The monoisotopic (exact) mass is 272 g/mol. The third kappa shape index (κ3) is 4.73. The smallest absolute Gasteiger partial charge is 0.143 e. The Morgan fingerprint density at radius 2 is 2.06 bits per heavy atom. The molecular weight excluding hydrogens is 251 g/mol. The van der Waals surface area contributed by atoms with Gasteiger partial charge in [0, 0.05) is 12.1 Å². The van der Waals surface area contributed by atoms with Crippen LogP contribution in [0, 0.1) is 5.82 Å². The van der Waals surface area contributed by atoms with E-state index in [0.717, 1.165) is 6.42 Å². The molecule has 0 aliphatic carbocycles. The number of anilines is 2. The maximum absolute atomic E-state index is 13.1.